The lowest BCUT2D eigenvalue weighted by Crippen LogP contribution is -2.27. The second-order valence-corrected chi connectivity index (χ2v) is 12.8. The first-order chi connectivity index (χ1) is 21.3. The van der Waals surface area contributed by atoms with E-state index in [-0.39, 0.29) is 21.7 Å². The van der Waals surface area contributed by atoms with E-state index in [9.17, 15) is 30.7 Å². The zero-order valence-electron chi connectivity index (χ0n) is 22.9. The monoisotopic (exact) mass is 642 g/mol. The summed E-state index contributed by atoms with van der Waals surface area (Å²) in [5, 5.41) is 15.0. The third-order valence-electron chi connectivity index (χ3n) is 7.09. The number of nitrogen functional groups attached to an aromatic ring is 2. The number of hydrazone groups is 1. The van der Waals surface area contributed by atoms with Gasteiger partial charge >= 0.3 is 0 Å². The third kappa shape index (κ3) is 5.63. The molecule has 0 heterocycles. The van der Waals surface area contributed by atoms with Gasteiger partial charge in [-0.1, -0.05) is 36.4 Å². The first-order valence-corrected chi connectivity index (χ1v) is 15.9. The molecule has 15 heteroatoms. The Morgan fingerprint density at radius 2 is 1.36 bits per heavy atom. The lowest BCUT2D eigenvalue weighted by atomic mass is 9.94. The van der Waals surface area contributed by atoms with E-state index in [1.807, 2.05) is 0 Å². The van der Waals surface area contributed by atoms with Gasteiger partial charge in [-0.05, 0) is 60.2 Å². The molecule has 1 aliphatic carbocycles. The summed E-state index contributed by atoms with van der Waals surface area (Å²) in [5.41, 5.74) is 16.3. The number of hydrogen-bond donors (Lipinski definition) is 5. The highest BCUT2D eigenvalue weighted by Crippen LogP contribution is 2.36. The van der Waals surface area contributed by atoms with Crippen LogP contribution in [0.1, 0.15) is 15.9 Å². The smallest absolute Gasteiger partial charge is 0.296 e. The molecule has 0 spiro atoms. The van der Waals surface area contributed by atoms with Crippen LogP contribution in [0.15, 0.2) is 110 Å². The molecule has 0 bridgehead atoms. The average Bonchev–Trinajstić information content (AvgIpc) is 3.00. The summed E-state index contributed by atoms with van der Waals surface area (Å²) in [4.78, 5) is 12.3. The predicted molar refractivity (Wildman–Crippen MR) is 172 cm³/mol. The van der Waals surface area contributed by atoms with E-state index in [0.717, 1.165) is 6.08 Å². The Hall–Kier alpha value is -5.48. The Balaban J connectivity index is 1.38. The van der Waals surface area contributed by atoms with Gasteiger partial charge in [0.2, 0.25) is 5.78 Å². The van der Waals surface area contributed by atoms with Crippen LogP contribution >= 0.6 is 0 Å². The van der Waals surface area contributed by atoms with Gasteiger partial charge in [-0.3, -0.25) is 19.3 Å². The van der Waals surface area contributed by atoms with Gasteiger partial charge in [-0.2, -0.15) is 21.9 Å². The van der Waals surface area contributed by atoms with E-state index >= 15 is 0 Å². The maximum Gasteiger partial charge on any atom is 0.296 e. The minimum atomic E-state index is -4.82. The molecule has 45 heavy (non-hydrogen) atoms. The van der Waals surface area contributed by atoms with Gasteiger partial charge in [0.25, 0.3) is 20.2 Å². The molecule has 0 radical (unpaired) electrons. The SMILES string of the molecule is Nc1ccc2c(c1)C(=O)/C(=N\Nc1ccc(N=Nc3ccc(N)c4cc(S(=O)(=O)O)ccc34)c3ccccc13)C(S(=O)(=O)O)=C2. The van der Waals surface area contributed by atoms with Crippen molar-refractivity contribution < 1.29 is 30.7 Å². The van der Waals surface area contributed by atoms with E-state index in [1.165, 1.54) is 36.4 Å². The number of anilines is 3. The third-order valence-corrected chi connectivity index (χ3v) is 8.80. The highest BCUT2D eigenvalue weighted by Gasteiger charge is 2.33. The van der Waals surface area contributed by atoms with Gasteiger partial charge in [-0.25, -0.2) is 0 Å². The lowest BCUT2D eigenvalue weighted by molar-refractivity contribution is 0.106. The van der Waals surface area contributed by atoms with Crippen LogP contribution in [0.2, 0.25) is 0 Å². The van der Waals surface area contributed by atoms with Crippen molar-refractivity contribution in [2.75, 3.05) is 16.9 Å². The molecule has 0 saturated heterocycles. The van der Waals surface area contributed by atoms with E-state index in [2.05, 4.69) is 20.8 Å². The fourth-order valence-electron chi connectivity index (χ4n) is 4.92. The van der Waals surface area contributed by atoms with Crippen LogP contribution in [0.4, 0.5) is 28.4 Å². The summed E-state index contributed by atoms with van der Waals surface area (Å²) in [6.07, 6.45) is 1.15. The van der Waals surface area contributed by atoms with Crippen LogP contribution in [0.5, 0.6) is 0 Å². The summed E-state index contributed by atoms with van der Waals surface area (Å²) in [6, 6.07) is 21.8. The molecule has 0 saturated carbocycles. The Bertz CT molecular complexity index is 2400. The molecule has 0 atom stereocenters. The van der Waals surface area contributed by atoms with Crippen LogP contribution in [0.3, 0.4) is 0 Å². The highest BCUT2D eigenvalue weighted by atomic mass is 32.2. The van der Waals surface area contributed by atoms with Gasteiger partial charge in [0, 0.05) is 38.5 Å². The standard InChI is InChI=1S/C30H22N6O7S2/c31-17-6-5-16-13-28(45(41,42)43)29(30(37)22(16)14-17)36-35-27-12-11-26(19-3-1-2-4-20(19)27)34-33-25-10-9-24(32)23-15-18(44(38,39)40)7-8-21(23)25/h1-15,35H,31-32H2,(H,38,39,40)(H,41,42,43)/b34-33?,36-29-. The van der Waals surface area contributed by atoms with Crippen LogP contribution in [0, 0.1) is 0 Å². The molecule has 1 aliphatic rings. The van der Waals surface area contributed by atoms with Gasteiger partial charge < -0.3 is 11.5 Å². The van der Waals surface area contributed by atoms with Crippen molar-refractivity contribution in [2.45, 2.75) is 4.90 Å². The van der Waals surface area contributed by atoms with Crippen LogP contribution in [-0.4, -0.2) is 37.4 Å². The predicted octanol–water partition coefficient (Wildman–Crippen LogP) is 5.71. The van der Waals surface area contributed by atoms with Crippen molar-refractivity contribution in [1.82, 2.24) is 0 Å². The number of ketones is 1. The van der Waals surface area contributed by atoms with E-state index in [0.29, 0.717) is 44.3 Å². The molecule has 7 N–H and O–H groups in total. The lowest BCUT2D eigenvalue weighted by Gasteiger charge is -2.17. The molecule has 13 nitrogen and oxygen atoms in total. The Morgan fingerprint density at radius 1 is 0.689 bits per heavy atom. The first-order valence-electron chi connectivity index (χ1n) is 13.0. The Morgan fingerprint density at radius 3 is 2.04 bits per heavy atom. The van der Waals surface area contributed by atoms with Gasteiger partial charge in [0.15, 0.2) is 5.71 Å². The summed E-state index contributed by atoms with van der Waals surface area (Å²) in [5.74, 6) is -0.742. The summed E-state index contributed by atoms with van der Waals surface area (Å²) in [6.45, 7) is 0. The molecule has 0 unspecified atom stereocenters. The van der Waals surface area contributed by atoms with Gasteiger partial charge in [0.1, 0.15) is 4.91 Å². The molecule has 5 aromatic carbocycles. The minimum absolute atomic E-state index is 0.132. The summed E-state index contributed by atoms with van der Waals surface area (Å²) in [7, 11) is -9.26. The number of allylic oxidation sites excluding steroid dienone is 1. The molecule has 5 aromatic rings. The van der Waals surface area contributed by atoms with Crippen molar-refractivity contribution in [3.8, 4) is 0 Å². The normalized spacial score (nSPS) is 14.7. The zero-order chi connectivity index (χ0) is 32.1. The van der Waals surface area contributed by atoms with Crippen LogP contribution in [-0.2, 0) is 20.2 Å². The van der Waals surface area contributed by atoms with Crippen molar-refractivity contribution in [3.05, 3.63) is 101 Å². The van der Waals surface area contributed by atoms with E-state index in [4.69, 9.17) is 11.5 Å². The maximum atomic E-state index is 13.2. The number of nitrogens with two attached hydrogens (primary N) is 2. The minimum Gasteiger partial charge on any atom is -0.399 e. The number of Topliss-reactive ketones (excluding diaryl/α,β-unsaturated/α-hetero) is 1. The Kier molecular flexibility index (Phi) is 7.17. The quantitative estimate of drug-likeness (QED) is 0.0655. The average molecular weight is 643 g/mol. The second kappa shape index (κ2) is 10.9. The second-order valence-electron chi connectivity index (χ2n) is 9.97. The molecule has 0 aliphatic heterocycles. The number of azo groups is 1. The number of benzene rings is 5. The van der Waals surface area contributed by atoms with Gasteiger partial charge in [-0.15, -0.1) is 10.2 Å². The number of carbonyl (C=O) groups is 1. The highest BCUT2D eigenvalue weighted by molar-refractivity contribution is 7.91. The zero-order valence-corrected chi connectivity index (χ0v) is 24.5. The Labute approximate surface area is 256 Å². The van der Waals surface area contributed by atoms with Crippen LogP contribution in [0.25, 0.3) is 27.6 Å². The van der Waals surface area contributed by atoms with E-state index in [1.54, 1.807) is 48.5 Å². The number of fused-ring (bicyclic) bond motifs is 3. The number of nitrogens with zero attached hydrogens (tertiary/aromatic N) is 3. The van der Waals surface area contributed by atoms with Gasteiger partial charge in [0.05, 0.1) is 22.0 Å². The molecule has 6 rings (SSSR count). The van der Waals surface area contributed by atoms with Crippen LogP contribution < -0.4 is 16.9 Å². The largest absolute Gasteiger partial charge is 0.399 e. The molecule has 0 amide bonds. The van der Waals surface area contributed by atoms with Crippen molar-refractivity contribution >= 4 is 87.8 Å². The molecular weight excluding hydrogens is 620 g/mol. The molecular formula is C30H22N6O7S2. The van der Waals surface area contributed by atoms with E-state index < -0.39 is 36.6 Å². The molecule has 0 aromatic heterocycles. The number of carbonyl (C=O) groups excluding carboxylic acids is 1. The van der Waals surface area contributed by atoms with Crippen molar-refractivity contribution in [2.24, 2.45) is 15.3 Å². The fourth-order valence-corrected chi connectivity index (χ4v) is 6.09. The number of hydrogen-bond acceptors (Lipinski definition) is 11. The van der Waals surface area contributed by atoms with Crippen molar-refractivity contribution in [3.63, 3.8) is 0 Å². The number of nitrogens with one attached hydrogen (secondary N) is 1. The maximum absolute atomic E-state index is 13.2. The first kappa shape index (κ1) is 29.6. The molecule has 0 fully saturated rings. The summed E-state index contributed by atoms with van der Waals surface area (Å²) < 4.78 is 66.8. The topological polar surface area (TPSA) is 227 Å². The van der Waals surface area contributed by atoms with Crippen molar-refractivity contribution in [1.29, 1.82) is 0 Å². The number of rotatable bonds is 6. The fraction of sp³-hybridized carbons (Fsp3) is 0. The molecule has 226 valence electrons. The summed E-state index contributed by atoms with van der Waals surface area (Å²) >= 11 is 0.